The fourth-order valence-corrected chi connectivity index (χ4v) is 8.89. The number of hydrogen-bond acceptors (Lipinski definition) is 4. The molecule has 0 fully saturated rings. The molecule has 0 saturated heterocycles. The average Bonchev–Trinajstić information content (AvgIpc) is 3.85. The van der Waals surface area contributed by atoms with Crippen molar-refractivity contribution in [2.75, 3.05) is 9.80 Å². The summed E-state index contributed by atoms with van der Waals surface area (Å²) in [7, 11) is 0. The van der Waals surface area contributed by atoms with Gasteiger partial charge in [-0.05, 0) is 129 Å². The smallest absolute Gasteiger partial charge is 0.137 e. The van der Waals surface area contributed by atoms with Crippen molar-refractivity contribution >= 4 is 110 Å². The number of benzene rings is 10. The molecule has 4 nitrogen and oxygen atoms in total. The van der Waals surface area contributed by atoms with Crippen LogP contribution in [0, 0.1) is 0 Å². The molecule has 12 rings (SSSR count). The zero-order valence-corrected chi connectivity index (χ0v) is 31.3. The Morgan fingerprint density at radius 3 is 1.05 bits per heavy atom. The van der Waals surface area contributed by atoms with Gasteiger partial charge in [-0.2, -0.15) is 0 Å². The summed E-state index contributed by atoms with van der Waals surface area (Å²) in [6, 6.07) is 73.1. The molecule has 0 aliphatic carbocycles. The van der Waals surface area contributed by atoms with E-state index in [0.29, 0.717) is 0 Å². The molecular formula is C54H34N2O2. The van der Waals surface area contributed by atoms with E-state index in [0.717, 1.165) is 88.8 Å². The van der Waals surface area contributed by atoms with Gasteiger partial charge in [0, 0.05) is 67.8 Å². The Labute approximate surface area is 334 Å². The molecule has 0 radical (unpaired) electrons. The lowest BCUT2D eigenvalue weighted by Crippen LogP contribution is -2.09. The van der Waals surface area contributed by atoms with Crippen LogP contribution >= 0.6 is 0 Å². The van der Waals surface area contributed by atoms with Crippen molar-refractivity contribution in [3.63, 3.8) is 0 Å². The standard InChI is InChI=1S/C54H34N2O2/c1-3-15-39(16-4-1)55(41-21-19-35-11-7-9-13-37(35)31-41)43-23-25-47-51(33-43)57-49-29-27-46-45(53(47)49)28-30-50-54(46)48-26-24-44(34-52(48)58-50)56(40-17-5-2-6-18-40)42-22-20-36-12-8-10-14-38(36)32-42/h1-34H. The number of nitrogens with zero attached hydrogens (tertiary/aromatic N) is 2. The van der Waals surface area contributed by atoms with E-state index in [4.69, 9.17) is 8.83 Å². The summed E-state index contributed by atoms with van der Waals surface area (Å²) in [5.41, 5.74) is 9.82. The monoisotopic (exact) mass is 742 g/mol. The molecule has 272 valence electrons. The van der Waals surface area contributed by atoms with Crippen LogP contribution in [0.5, 0.6) is 0 Å². The number of anilines is 6. The zero-order chi connectivity index (χ0) is 38.2. The molecular weight excluding hydrogens is 709 g/mol. The fraction of sp³-hybridized carbons (Fsp3) is 0. The van der Waals surface area contributed by atoms with Crippen LogP contribution in [-0.2, 0) is 0 Å². The summed E-state index contributed by atoms with van der Waals surface area (Å²) in [4.78, 5) is 4.59. The Balaban J connectivity index is 0.992. The van der Waals surface area contributed by atoms with Gasteiger partial charge in [0.1, 0.15) is 22.3 Å². The van der Waals surface area contributed by atoms with Crippen LogP contribution in [0.25, 0.3) is 76.2 Å². The molecule has 4 heteroatoms. The van der Waals surface area contributed by atoms with Gasteiger partial charge in [0.05, 0.1) is 0 Å². The highest BCUT2D eigenvalue weighted by molar-refractivity contribution is 6.27. The van der Waals surface area contributed by atoms with Gasteiger partial charge in [-0.15, -0.1) is 0 Å². The third-order valence-electron chi connectivity index (χ3n) is 11.6. The van der Waals surface area contributed by atoms with E-state index in [9.17, 15) is 0 Å². The van der Waals surface area contributed by atoms with E-state index in [1.54, 1.807) is 0 Å². The Kier molecular flexibility index (Phi) is 7.20. The number of para-hydroxylation sites is 2. The highest BCUT2D eigenvalue weighted by Gasteiger charge is 2.20. The van der Waals surface area contributed by atoms with E-state index in [1.807, 2.05) is 0 Å². The minimum absolute atomic E-state index is 0.846. The predicted molar refractivity (Wildman–Crippen MR) is 243 cm³/mol. The second kappa shape index (κ2) is 12.9. The lowest BCUT2D eigenvalue weighted by Gasteiger charge is -2.25. The van der Waals surface area contributed by atoms with Crippen molar-refractivity contribution in [1.29, 1.82) is 0 Å². The zero-order valence-electron chi connectivity index (χ0n) is 31.3. The predicted octanol–water partition coefficient (Wildman–Crippen LogP) is 15.9. The second-order valence-corrected chi connectivity index (χ2v) is 14.9. The van der Waals surface area contributed by atoms with E-state index in [1.165, 1.54) is 21.5 Å². The summed E-state index contributed by atoms with van der Waals surface area (Å²) in [5.74, 6) is 0. The Hall–Kier alpha value is -7.82. The van der Waals surface area contributed by atoms with Crippen molar-refractivity contribution in [2.45, 2.75) is 0 Å². The van der Waals surface area contributed by atoms with Crippen LogP contribution < -0.4 is 9.80 Å². The lowest BCUT2D eigenvalue weighted by molar-refractivity contribution is 0.668. The molecule has 0 aliphatic rings. The third kappa shape index (κ3) is 5.16. The quantitative estimate of drug-likeness (QED) is 0.170. The molecule has 0 bridgehead atoms. The molecule has 12 aromatic rings. The van der Waals surface area contributed by atoms with Gasteiger partial charge in [0.2, 0.25) is 0 Å². The van der Waals surface area contributed by atoms with Gasteiger partial charge >= 0.3 is 0 Å². The first-order valence-electron chi connectivity index (χ1n) is 19.7. The molecule has 0 saturated carbocycles. The van der Waals surface area contributed by atoms with Crippen molar-refractivity contribution in [2.24, 2.45) is 0 Å². The van der Waals surface area contributed by atoms with Crippen LogP contribution in [0.15, 0.2) is 215 Å². The number of fused-ring (bicyclic) bond motifs is 11. The van der Waals surface area contributed by atoms with Crippen molar-refractivity contribution in [1.82, 2.24) is 0 Å². The van der Waals surface area contributed by atoms with Gasteiger partial charge in [0.25, 0.3) is 0 Å². The molecule has 0 amide bonds. The lowest BCUT2D eigenvalue weighted by atomic mass is 9.99. The Morgan fingerprint density at radius 1 is 0.241 bits per heavy atom. The van der Waals surface area contributed by atoms with Crippen LogP contribution in [0.4, 0.5) is 34.1 Å². The first-order chi connectivity index (χ1) is 28.7. The number of hydrogen-bond donors (Lipinski definition) is 0. The first kappa shape index (κ1) is 32.4. The number of rotatable bonds is 6. The maximum atomic E-state index is 6.67. The third-order valence-corrected chi connectivity index (χ3v) is 11.6. The maximum absolute atomic E-state index is 6.67. The van der Waals surface area contributed by atoms with Crippen LogP contribution in [0.3, 0.4) is 0 Å². The molecule has 0 spiro atoms. The molecule has 2 heterocycles. The highest BCUT2D eigenvalue weighted by atomic mass is 16.3. The summed E-state index contributed by atoms with van der Waals surface area (Å²) in [6.45, 7) is 0. The topological polar surface area (TPSA) is 32.8 Å². The van der Waals surface area contributed by atoms with Gasteiger partial charge in [-0.3, -0.25) is 0 Å². The largest absolute Gasteiger partial charge is 0.456 e. The van der Waals surface area contributed by atoms with Gasteiger partial charge in [-0.25, -0.2) is 0 Å². The SMILES string of the molecule is c1ccc(N(c2ccc3ccccc3c2)c2ccc3c(c2)oc2ccc4c(ccc5oc6cc(N(c7ccccc7)c7ccc8ccccc8c7)ccc6c54)c23)cc1. The van der Waals surface area contributed by atoms with E-state index >= 15 is 0 Å². The minimum atomic E-state index is 0.846. The molecule has 58 heavy (non-hydrogen) atoms. The fourth-order valence-electron chi connectivity index (χ4n) is 8.89. The molecule has 2 aromatic heterocycles. The van der Waals surface area contributed by atoms with E-state index in [-0.39, 0.29) is 0 Å². The summed E-state index contributed by atoms with van der Waals surface area (Å²) in [5, 5.41) is 11.5. The average molecular weight is 743 g/mol. The molecule has 0 aliphatic heterocycles. The normalized spacial score (nSPS) is 11.8. The Morgan fingerprint density at radius 2 is 0.603 bits per heavy atom. The first-order valence-corrected chi connectivity index (χ1v) is 19.7. The molecule has 0 unspecified atom stereocenters. The molecule has 10 aromatic carbocycles. The van der Waals surface area contributed by atoms with E-state index in [2.05, 4.69) is 216 Å². The van der Waals surface area contributed by atoms with Crippen molar-refractivity contribution < 1.29 is 8.83 Å². The van der Waals surface area contributed by atoms with Crippen molar-refractivity contribution in [3.8, 4) is 0 Å². The second-order valence-electron chi connectivity index (χ2n) is 14.9. The summed E-state index contributed by atoms with van der Waals surface area (Å²) in [6.07, 6.45) is 0. The summed E-state index contributed by atoms with van der Waals surface area (Å²) < 4.78 is 13.3. The maximum Gasteiger partial charge on any atom is 0.137 e. The van der Waals surface area contributed by atoms with E-state index < -0.39 is 0 Å². The van der Waals surface area contributed by atoms with Crippen LogP contribution in [0.1, 0.15) is 0 Å². The molecule has 0 N–H and O–H groups in total. The van der Waals surface area contributed by atoms with Gasteiger partial charge in [0.15, 0.2) is 0 Å². The molecule has 0 atom stereocenters. The Bertz CT molecular complexity index is 3290. The number of furan rings is 2. The van der Waals surface area contributed by atoms with Gasteiger partial charge in [-0.1, -0.05) is 97.1 Å². The van der Waals surface area contributed by atoms with Crippen molar-refractivity contribution in [3.05, 3.63) is 206 Å². The summed E-state index contributed by atoms with van der Waals surface area (Å²) >= 11 is 0. The van der Waals surface area contributed by atoms with Gasteiger partial charge < -0.3 is 18.6 Å². The van der Waals surface area contributed by atoms with Crippen LogP contribution in [0.2, 0.25) is 0 Å². The highest BCUT2D eigenvalue weighted by Crippen LogP contribution is 2.45. The van der Waals surface area contributed by atoms with Crippen LogP contribution in [-0.4, -0.2) is 0 Å². The minimum Gasteiger partial charge on any atom is -0.456 e.